The van der Waals surface area contributed by atoms with Crippen molar-refractivity contribution in [2.45, 2.75) is 44.1 Å². The van der Waals surface area contributed by atoms with Gasteiger partial charge in [0.05, 0.1) is 25.3 Å². The first-order valence-electron chi connectivity index (χ1n) is 12.6. The normalized spacial score (nSPS) is 21.1. The Morgan fingerprint density at radius 3 is 2.62 bits per heavy atom. The first kappa shape index (κ1) is 25.8. The number of H-pyrrole nitrogens is 1. The van der Waals surface area contributed by atoms with Gasteiger partial charge in [0.1, 0.15) is 5.75 Å². The Hall–Kier alpha value is -2.85. The number of ether oxygens (including phenoxy) is 1. The molecule has 2 aliphatic heterocycles. The van der Waals surface area contributed by atoms with Crippen LogP contribution in [0.1, 0.15) is 36.2 Å². The largest absolute Gasteiger partial charge is 0.462 e. The van der Waals surface area contributed by atoms with Gasteiger partial charge in [-0.3, -0.25) is 14.2 Å². The predicted octanol–water partition coefficient (Wildman–Crippen LogP) is 5.83. The number of halogens is 5. The van der Waals surface area contributed by atoms with Crippen molar-refractivity contribution in [2.24, 2.45) is 0 Å². The van der Waals surface area contributed by atoms with E-state index in [1.807, 2.05) is 24.3 Å². The molecule has 0 saturated carbocycles. The number of hydrogen-bond acceptors (Lipinski definition) is 4. The molecule has 0 radical (unpaired) electrons. The van der Waals surface area contributed by atoms with E-state index < -0.39 is 31.7 Å². The lowest BCUT2D eigenvalue weighted by molar-refractivity contribution is -0.155. The van der Waals surface area contributed by atoms with Gasteiger partial charge < -0.3 is 15.0 Å². The topological polar surface area (TPSA) is 43.5 Å². The number of likely N-dealkylation sites (tertiary alicyclic amines) is 1. The molecule has 3 heterocycles. The third kappa shape index (κ3) is 5.40. The van der Waals surface area contributed by atoms with E-state index in [0.717, 1.165) is 29.6 Å². The summed E-state index contributed by atoms with van der Waals surface area (Å²) in [5, 5.41) is 4.35. The third-order valence-electron chi connectivity index (χ3n) is 7.33. The number of para-hydroxylation sites is 1. The van der Waals surface area contributed by atoms with Crippen molar-refractivity contribution >= 4 is 16.6 Å². The summed E-state index contributed by atoms with van der Waals surface area (Å²) in [4.78, 5) is 6.91. The second kappa shape index (κ2) is 10.5. The van der Waals surface area contributed by atoms with E-state index in [1.165, 1.54) is 4.90 Å². The summed E-state index contributed by atoms with van der Waals surface area (Å²) in [5.41, 5.74) is 3.68. The molecule has 37 heavy (non-hydrogen) atoms. The highest BCUT2D eigenvalue weighted by molar-refractivity contribution is 5.85. The molecule has 200 valence electrons. The number of nitrogens with zero attached hydrogens (tertiary/aromatic N) is 2. The molecule has 0 amide bonds. The van der Waals surface area contributed by atoms with Crippen LogP contribution in [0.25, 0.3) is 10.9 Å². The Morgan fingerprint density at radius 2 is 1.89 bits per heavy atom. The molecule has 2 aliphatic rings. The van der Waals surface area contributed by atoms with Gasteiger partial charge in [0, 0.05) is 59.6 Å². The van der Waals surface area contributed by atoms with Gasteiger partial charge >= 0.3 is 6.18 Å². The minimum absolute atomic E-state index is 0.153. The molecule has 1 aromatic heterocycles. The first-order valence-corrected chi connectivity index (χ1v) is 12.6. The molecule has 1 fully saturated rings. The number of anilines is 1. The zero-order valence-electron chi connectivity index (χ0n) is 20.6. The highest BCUT2D eigenvalue weighted by Crippen LogP contribution is 2.45. The van der Waals surface area contributed by atoms with Crippen LogP contribution in [0.5, 0.6) is 5.75 Å². The maximum Gasteiger partial charge on any atom is 0.401 e. The molecule has 2 aromatic carbocycles. The van der Waals surface area contributed by atoms with Gasteiger partial charge in [-0.1, -0.05) is 24.3 Å². The van der Waals surface area contributed by atoms with Crippen molar-refractivity contribution in [1.82, 2.24) is 14.8 Å². The van der Waals surface area contributed by atoms with Gasteiger partial charge in [-0.15, -0.1) is 0 Å². The Morgan fingerprint density at radius 1 is 1.11 bits per heavy atom. The zero-order chi connectivity index (χ0) is 26.2. The van der Waals surface area contributed by atoms with E-state index in [1.54, 1.807) is 25.1 Å². The summed E-state index contributed by atoms with van der Waals surface area (Å²) in [5.74, 6) is 0.206. The van der Waals surface area contributed by atoms with E-state index in [4.69, 9.17) is 4.74 Å². The first-order chi connectivity index (χ1) is 17.8. The molecule has 0 aliphatic carbocycles. The van der Waals surface area contributed by atoms with E-state index in [9.17, 15) is 22.0 Å². The van der Waals surface area contributed by atoms with Crippen LogP contribution in [0, 0.1) is 0 Å². The molecule has 3 aromatic rings. The van der Waals surface area contributed by atoms with E-state index in [-0.39, 0.29) is 18.5 Å². The van der Waals surface area contributed by atoms with Gasteiger partial charge in [0.25, 0.3) is 0 Å². The Labute approximate surface area is 212 Å². The van der Waals surface area contributed by atoms with Gasteiger partial charge in [-0.05, 0) is 37.5 Å². The zero-order valence-corrected chi connectivity index (χ0v) is 20.6. The van der Waals surface area contributed by atoms with Crippen LogP contribution in [0.2, 0.25) is 0 Å². The quantitative estimate of drug-likeness (QED) is 0.347. The fraction of sp³-hybridized carbons (Fsp3) is 0.481. The lowest BCUT2D eigenvalue weighted by Crippen LogP contribution is -2.54. The second-order valence-corrected chi connectivity index (χ2v) is 9.96. The van der Waals surface area contributed by atoms with Crippen LogP contribution in [-0.2, 0) is 6.42 Å². The van der Waals surface area contributed by atoms with Gasteiger partial charge in [-0.2, -0.15) is 13.2 Å². The predicted molar refractivity (Wildman–Crippen MR) is 134 cm³/mol. The van der Waals surface area contributed by atoms with Crippen molar-refractivity contribution < 1.29 is 26.7 Å². The standard InChI is InChI=1S/C27H31F5N4O/c1-17-11-22-20-5-2-3-6-23(20)34-25(22)26(36(17)15-27(30,31)32)21-8-7-18(12-24(21)37-16-29)33-19-13-35(14-19)10-4-9-28/h2-3,5-8,12,17,19,26,33-34H,4,9-11,13-16H2,1H3/t17-,26?/m1/s1. The highest BCUT2D eigenvalue weighted by Gasteiger charge is 2.43. The van der Waals surface area contributed by atoms with Crippen LogP contribution >= 0.6 is 0 Å². The Kier molecular flexibility index (Phi) is 7.31. The van der Waals surface area contributed by atoms with Crippen LogP contribution in [-0.4, -0.2) is 72.8 Å². The number of aromatic amines is 1. The molecule has 10 heteroatoms. The Bertz CT molecular complexity index is 1220. The number of benzene rings is 2. The van der Waals surface area contributed by atoms with Crippen molar-refractivity contribution in [3.63, 3.8) is 0 Å². The average Bonchev–Trinajstić information content (AvgIpc) is 3.19. The summed E-state index contributed by atoms with van der Waals surface area (Å²) in [7, 11) is 0. The smallest absolute Gasteiger partial charge is 0.401 e. The Balaban J connectivity index is 1.50. The maximum atomic E-state index is 13.7. The summed E-state index contributed by atoms with van der Waals surface area (Å²) in [6.45, 7) is 1.48. The molecular weight excluding hydrogens is 491 g/mol. The number of hydrogen-bond donors (Lipinski definition) is 2. The number of alkyl halides is 5. The van der Waals surface area contributed by atoms with Crippen LogP contribution in [0.3, 0.4) is 0 Å². The second-order valence-electron chi connectivity index (χ2n) is 9.96. The molecule has 2 atom stereocenters. The van der Waals surface area contributed by atoms with Crippen molar-refractivity contribution in [2.75, 3.05) is 45.0 Å². The molecule has 1 unspecified atom stereocenters. The summed E-state index contributed by atoms with van der Waals surface area (Å²) >= 11 is 0. The van der Waals surface area contributed by atoms with Crippen LogP contribution in [0.4, 0.5) is 27.6 Å². The minimum Gasteiger partial charge on any atom is -0.462 e. The average molecular weight is 523 g/mol. The van der Waals surface area contributed by atoms with Gasteiger partial charge in [0.15, 0.2) is 0 Å². The lowest BCUT2D eigenvalue weighted by Gasteiger charge is -2.42. The van der Waals surface area contributed by atoms with Crippen molar-refractivity contribution in [1.29, 1.82) is 0 Å². The van der Waals surface area contributed by atoms with Crippen molar-refractivity contribution in [3.05, 3.63) is 59.3 Å². The molecule has 5 rings (SSSR count). The minimum atomic E-state index is -4.41. The summed E-state index contributed by atoms with van der Waals surface area (Å²) in [6, 6.07) is 11.8. The molecule has 1 saturated heterocycles. The van der Waals surface area contributed by atoms with Gasteiger partial charge in [0.2, 0.25) is 6.86 Å². The van der Waals surface area contributed by atoms with E-state index >= 15 is 0 Å². The van der Waals surface area contributed by atoms with Gasteiger partial charge in [-0.25, -0.2) is 4.39 Å². The monoisotopic (exact) mass is 522 g/mol. The summed E-state index contributed by atoms with van der Waals surface area (Å²) < 4.78 is 72.4. The molecule has 0 spiro atoms. The molecule has 5 nitrogen and oxygen atoms in total. The molecule has 2 N–H and O–H groups in total. The SMILES string of the molecule is C[C@@H]1Cc2c([nH]c3ccccc23)C(c2ccc(NC3CN(CCCF)C3)cc2OCF)N1CC(F)(F)F. The lowest BCUT2D eigenvalue weighted by atomic mass is 9.88. The van der Waals surface area contributed by atoms with E-state index in [2.05, 4.69) is 15.2 Å². The molecule has 0 bridgehead atoms. The molecular formula is C27H31F5N4O. The number of aromatic nitrogens is 1. The third-order valence-corrected chi connectivity index (χ3v) is 7.33. The fourth-order valence-electron chi connectivity index (χ4n) is 5.69. The van der Waals surface area contributed by atoms with Crippen LogP contribution < -0.4 is 10.1 Å². The van der Waals surface area contributed by atoms with Crippen molar-refractivity contribution in [3.8, 4) is 5.75 Å². The maximum absolute atomic E-state index is 13.7. The number of nitrogens with one attached hydrogen (secondary N) is 2. The summed E-state index contributed by atoms with van der Waals surface area (Å²) in [6.07, 6.45) is -3.44. The fourth-order valence-corrected chi connectivity index (χ4v) is 5.69. The number of rotatable bonds is 9. The van der Waals surface area contributed by atoms with Crippen LogP contribution in [0.15, 0.2) is 42.5 Å². The highest BCUT2D eigenvalue weighted by atomic mass is 19.4. The van der Waals surface area contributed by atoms with E-state index in [0.29, 0.717) is 36.3 Å². The number of fused-ring (bicyclic) bond motifs is 3.